The second-order valence-corrected chi connectivity index (χ2v) is 12.8. The zero-order chi connectivity index (χ0) is 34.8. The molecule has 9 heteroatoms. The third kappa shape index (κ3) is 10.1. The highest BCUT2D eigenvalue weighted by molar-refractivity contribution is 5.87. The molecule has 1 aliphatic rings. The number of aliphatic hydroxyl groups is 2. The number of hydrogen-bond acceptors (Lipinski definition) is 7. The molecule has 5 rings (SSSR count). The SMILES string of the molecule is CC(=O)C(Cc1ccccc1)NC(=O)NCc1ccc(C2OC(CN(C)C(C)C(O)c3ccccc3)CC(c3ccc(CO)cc3)O2)cc1. The Kier molecular flexibility index (Phi) is 12.7. The van der Waals surface area contributed by atoms with Gasteiger partial charge in [0.25, 0.3) is 0 Å². The van der Waals surface area contributed by atoms with E-state index >= 15 is 0 Å². The number of likely N-dealkylation sites (N-methyl/N-ethyl adjacent to an activating group) is 1. The smallest absolute Gasteiger partial charge is 0.315 e. The molecule has 6 unspecified atom stereocenters. The van der Waals surface area contributed by atoms with Crippen LogP contribution in [0.3, 0.4) is 0 Å². The summed E-state index contributed by atoms with van der Waals surface area (Å²) in [5.74, 6) is -0.107. The maximum absolute atomic E-state index is 12.7. The topological polar surface area (TPSA) is 120 Å². The van der Waals surface area contributed by atoms with Gasteiger partial charge < -0.3 is 30.3 Å². The summed E-state index contributed by atoms with van der Waals surface area (Å²) in [6, 6.07) is 33.6. The number of ketones is 1. The summed E-state index contributed by atoms with van der Waals surface area (Å²) in [6.45, 7) is 4.33. The lowest BCUT2D eigenvalue weighted by Gasteiger charge is -2.39. The van der Waals surface area contributed by atoms with Crippen molar-refractivity contribution in [2.24, 2.45) is 0 Å². The van der Waals surface area contributed by atoms with Crippen LogP contribution in [0.1, 0.15) is 72.1 Å². The van der Waals surface area contributed by atoms with Crippen LogP contribution in [-0.2, 0) is 33.8 Å². The molecule has 4 aromatic carbocycles. The van der Waals surface area contributed by atoms with Crippen LogP contribution in [0, 0.1) is 0 Å². The van der Waals surface area contributed by atoms with E-state index in [0.717, 1.165) is 33.4 Å². The molecule has 9 nitrogen and oxygen atoms in total. The first-order valence-corrected chi connectivity index (χ1v) is 16.8. The Balaban J connectivity index is 1.23. The number of nitrogens with zero attached hydrogens (tertiary/aromatic N) is 1. The van der Waals surface area contributed by atoms with Gasteiger partial charge in [-0.1, -0.05) is 109 Å². The van der Waals surface area contributed by atoms with Gasteiger partial charge in [0.15, 0.2) is 12.1 Å². The first-order valence-electron chi connectivity index (χ1n) is 16.8. The largest absolute Gasteiger partial charge is 0.392 e. The number of Topliss-reactive ketones (excluding diaryl/α,β-unsaturated/α-hetero) is 1. The number of carbonyl (C=O) groups is 2. The molecule has 0 aliphatic carbocycles. The van der Waals surface area contributed by atoms with Gasteiger partial charge in [0.05, 0.1) is 31.0 Å². The number of nitrogens with one attached hydrogen (secondary N) is 2. The van der Waals surface area contributed by atoms with Crippen LogP contribution in [0.5, 0.6) is 0 Å². The lowest BCUT2D eigenvalue weighted by Crippen LogP contribution is -2.46. The number of rotatable bonds is 14. The second kappa shape index (κ2) is 17.3. The Morgan fingerprint density at radius 2 is 1.45 bits per heavy atom. The molecule has 4 aromatic rings. The summed E-state index contributed by atoms with van der Waals surface area (Å²) < 4.78 is 13.0. The number of carbonyl (C=O) groups excluding carboxylic acids is 2. The van der Waals surface area contributed by atoms with E-state index < -0.39 is 24.5 Å². The number of hydrogen-bond donors (Lipinski definition) is 4. The molecule has 6 atom stereocenters. The van der Waals surface area contributed by atoms with Crippen LogP contribution >= 0.6 is 0 Å². The minimum atomic E-state index is -0.649. The molecule has 0 radical (unpaired) electrons. The summed E-state index contributed by atoms with van der Waals surface area (Å²) in [5, 5.41) is 26.3. The van der Waals surface area contributed by atoms with Gasteiger partial charge in [-0.05, 0) is 55.1 Å². The van der Waals surface area contributed by atoms with E-state index in [9.17, 15) is 19.8 Å². The van der Waals surface area contributed by atoms with Crippen molar-refractivity contribution in [1.29, 1.82) is 0 Å². The third-order valence-electron chi connectivity index (χ3n) is 9.18. The summed E-state index contributed by atoms with van der Waals surface area (Å²) in [5.41, 5.74) is 5.40. The van der Waals surface area contributed by atoms with Gasteiger partial charge in [0.2, 0.25) is 0 Å². The van der Waals surface area contributed by atoms with Crippen molar-refractivity contribution in [1.82, 2.24) is 15.5 Å². The predicted octanol–water partition coefficient (Wildman–Crippen LogP) is 5.78. The highest BCUT2D eigenvalue weighted by Crippen LogP contribution is 2.38. The number of aliphatic hydroxyl groups excluding tert-OH is 2. The fraction of sp³-hybridized carbons (Fsp3) is 0.350. The quantitative estimate of drug-likeness (QED) is 0.135. The number of amides is 2. The van der Waals surface area contributed by atoms with E-state index in [0.29, 0.717) is 19.4 Å². The fourth-order valence-electron chi connectivity index (χ4n) is 6.02. The van der Waals surface area contributed by atoms with Crippen molar-refractivity contribution in [3.05, 3.63) is 143 Å². The standard InChI is InChI=1S/C40H47N3O6/c1-27(38(46)33-12-8-5-9-13-33)43(3)25-35-23-37(32-18-16-31(26-44)17-19-32)49-39(48-35)34-20-14-30(15-21-34)24-41-40(47)42-36(28(2)45)22-29-10-6-4-7-11-29/h4-21,27,35-39,44,46H,22-26H2,1-3H3,(H2,41,42,47). The number of ether oxygens (including phenoxy) is 2. The predicted molar refractivity (Wildman–Crippen MR) is 188 cm³/mol. The average Bonchev–Trinajstić information content (AvgIpc) is 3.14. The minimum Gasteiger partial charge on any atom is -0.392 e. The summed E-state index contributed by atoms with van der Waals surface area (Å²) >= 11 is 0. The van der Waals surface area contributed by atoms with Gasteiger partial charge in [-0.25, -0.2) is 4.79 Å². The van der Waals surface area contributed by atoms with Crippen LogP contribution in [0.4, 0.5) is 4.79 Å². The molecule has 0 spiro atoms. The van der Waals surface area contributed by atoms with Crippen LogP contribution in [0.2, 0.25) is 0 Å². The van der Waals surface area contributed by atoms with Crippen molar-refractivity contribution < 1.29 is 29.3 Å². The zero-order valence-electron chi connectivity index (χ0n) is 28.4. The Bertz CT molecular complexity index is 1620. The Hall–Kier alpha value is -4.38. The van der Waals surface area contributed by atoms with Crippen LogP contribution in [0.15, 0.2) is 109 Å². The van der Waals surface area contributed by atoms with E-state index in [1.807, 2.05) is 123 Å². The van der Waals surface area contributed by atoms with Gasteiger partial charge in [-0.2, -0.15) is 0 Å². The lowest BCUT2D eigenvalue weighted by atomic mass is 9.98. The highest BCUT2D eigenvalue weighted by atomic mass is 16.7. The Morgan fingerprint density at radius 1 is 0.837 bits per heavy atom. The van der Waals surface area contributed by atoms with Crippen molar-refractivity contribution in [3.8, 4) is 0 Å². The van der Waals surface area contributed by atoms with E-state index in [1.54, 1.807) is 0 Å². The monoisotopic (exact) mass is 665 g/mol. The van der Waals surface area contributed by atoms with Crippen LogP contribution in [0.25, 0.3) is 0 Å². The molecule has 1 heterocycles. The molecular formula is C40H47N3O6. The van der Waals surface area contributed by atoms with Crippen molar-refractivity contribution in [2.45, 2.75) is 76.5 Å². The fourth-order valence-corrected chi connectivity index (χ4v) is 6.02. The average molecular weight is 666 g/mol. The molecule has 4 N–H and O–H groups in total. The Labute approximate surface area is 288 Å². The molecule has 1 aliphatic heterocycles. The molecule has 2 amide bonds. The number of urea groups is 1. The van der Waals surface area contributed by atoms with E-state index in [4.69, 9.17) is 9.47 Å². The molecule has 1 fully saturated rings. The molecular weight excluding hydrogens is 618 g/mol. The summed E-state index contributed by atoms with van der Waals surface area (Å²) in [6.07, 6.45) is -0.667. The minimum absolute atomic E-state index is 0.0273. The van der Waals surface area contributed by atoms with Crippen LogP contribution in [-0.4, -0.2) is 58.7 Å². The zero-order valence-corrected chi connectivity index (χ0v) is 28.4. The molecule has 258 valence electrons. The van der Waals surface area contributed by atoms with Gasteiger partial charge >= 0.3 is 6.03 Å². The van der Waals surface area contributed by atoms with Gasteiger partial charge in [0, 0.05) is 31.1 Å². The maximum atomic E-state index is 12.7. The van der Waals surface area contributed by atoms with Gasteiger partial charge in [0.1, 0.15) is 0 Å². The van der Waals surface area contributed by atoms with Gasteiger partial charge in [-0.15, -0.1) is 0 Å². The summed E-state index contributed by atoms with van der Waals surface area (Å²) in [7, 11) is 1.99. The second-order valence-electron chi connectivity index (χ2n) is 12.8. The molecule has 0 bridgehead atoms. The first kappa shape index (κ1) is 35.9. The van der Waals surface area contributed by atoms with E-state index in [-0.39, 0.29) is 37.2 Å². The lowest BCUT2D eigenvalue weighted by molar-refractivity contribution is -0.253. The summed E-state index contributed by atoms with van der Waals surface area (Å²) in [4.78, 5) is 27.0. The van der Waals surface area contributed by atoms with Crippen molar-refractivity contribution in [2.75, 3.05) is 13.6 Å². The molecule has 0 saturated carbocycles. The highest BCUT2D eigenvalue weighted by Gasteiger charge is 2.34. The van der Waals surface area contributed by atoms with Crippen LogP contribution < -0.4 is 10.6 Å². The normalized spacial score (nSPS) is 19.5. The molecule has 49 heavy (non-hydrogen) atoms. The van der Waals surface area contributed by atoms with E-state index in [1.165, 1.54) is 6.92 Å². The molecule has 1 saturated heterocycles. The Morgan fingerprint density at radius 3 is 2.08 bits per heavy atom. The first-order chi connectivity index (χ1) is 23.7. The van der Waals surface area contributed by atoms with Crippen molar-refractivity contribution >= 4 is 11.8 Å². The number of benzene rings is 4. The van der Waals surface area contributed by atoms with Gasteiger partial charge in [-0.3, -0.25) is 9.69 Å². The molecule has 0 aromatic heterocycles. The van der Waals surface area contributed by atoms with Crippen molar-refractivity contribution in [3.63, 3.8) is 0 Å². The maximum Gasteiger partial charge on any atom is 0.315 e. The third-order valence-corrected chi connectivity index (χ3v) is 9.18. The van der Waals surface area contributed by atoms with E-state index in [2.05, 4.69) is 15.5 Å².